The molecule has 1 aliphatic rings. The molecule has 6 nitrogen and oxygen atoms in total. The van der Waals surface area contributed by atoms with E-state index in [1.54, 1.807) is 0 Å². The highest BCUT2D eigenvalue weighted by Gasteiger charge is 2.38. The first-order chi connectivity index (χ1) is 8.47. The lowest BCUT2D eigenvalue weighted by molar-refractivity contribution is 0.575. The molecule has 0 saturated heterocycles. The Labute approximate surface area is 111 Å². The van der Waals surface area contributed by atoms with E-state index >= 15 is 0 Å². The summed E-state index contributed by atoms with van der Waals surface area (Å²) in [7, 11) is -3.55. The van der Waals surface area contributed by atoms with Gasteiger partial charge < -0.3 is 5.43 Å². The van der Waals surface area contributed by atoms with Gasteiger partial charge in [-0.3, -0.25) is 0 Å². The first kappa shape index (κ1) is 13.5. The molecule has 1 heterocycles. The number of rotatable bonds is 5. The third-order valence-electron chi connectivity index (χ3n) is 3.02. The van der Waals surface area contributed by atoms with E-state index in [0.717, 1.165) is 12.8 Å². The Morgan fingerprint density at radius 1 is 1.61 bits per heavy atom. The van der Waals surface area contributed by atoms with Crippen LogP contribution in [0.1, 0.15) is 19.8 Å². The molecule has 1 aliphatic carbocycles. The van der Waals surface area contributed by atoms with E-state index in [1.165, 1.54) is 12.3 Å². The number of anilines is 1. The molecule has 0 spiro atoms. The van der Waals surface area contributed by atoms with Gasteiger partial charge in [-0.25, -0.2) is 24.0 Å². The van der Waals surface area contributed by atoms with Gasteiger partial charge in [0.15, 0.2) is 5.82 Å². The minimum Gasteiger partial charge on any atom is -0.307 e. The zero-order valence-corrected chi connectivity index (χ0v) is 11.4. The second-order valence-corrected chi connectivity index (χ2v) is 6.40. The summed E-state index contributed by atoms with van der Waals surface area (Å²) in [5.74, 6) is 5.86. The summed E-state index contributed by atoms with van der Waals surface area (Å²) >= 11 is 5.85. The highest BCUT2D eigenvalue weighted by Crippen LogP contribution is 2.34. The highest BCUT2D eigenvalue weighted by molar-refractivity contribution is 7.89. The van der Waals surface area contributed by atoms with Gasteiger partial charge in [0.2, 0.25) is 10.0 Å². The summed E-state index contributed by atoms with van der Waals surface area (Å²) in [6.45, 7) is 2.04. The van der Waals surface area contributed by atoms with Crippen molar-refractivity contribution in [2.75, 3.05) is 5.43 Å². The molecule has 1 saturated carbocycles. The lowest BCUT2D eigenvalue weighted by Crippen LogP contribution is -2.27. The molecular formula is C10H15ClN4O2S. The van der Waals surface area contributed by atoms with Crippen molar-refractivity contribution in [1.29, 1.82) is 0 Å². The van der Waals surface area contributed by atoms with E-state index in [1.807, 2.05) is 6.92 Å². The number of hydrazine groups is 1. The molecule has 0 radical (unpaired) electrons. The summed E-state index contributed by atoms with van der Waals surface area (Å²) < 4.78 is 26.7. The molecule has 0 aromatic carbocycles. The van der Waals surface area contributed by atoms with E-state index in [-0.39, 0.29) is 21.8 Å². The maximum absolute atomic E-state index is 12.0. The molecule has 2 atom stereocenters. The van der Waals surface area contributed by atoms with Crippen LogP contribution in [0, 0.1) is 5.92 Å². The molecule has 2 rings (SSSR count). The van der Waals surface area contributed by atoms with Crippen LogP contribution in [0.4, 0.5) is 5.82 Å². The number of pyridine rings is 1. The third kappa shape index (κ3) is 2.74. The molecule has 1 fully saturated rings. The number of hydrogen-bond donors (Lipinski definition) is 3. The summed E-state index contributed by atoms with van der Waals surface area (Å²) in [5.41, 5.74) is 2.28. The maximum Gasteiger partial charge on any atom is 0.242 e. The SMILES string of the molecule is CCC1CC1NS(=O)(=O)c1cnc(NN)c(Cl)c1. The predicted molar refractivity (Wildman–Crippen MR) is 69.6 cm³/mol. The van der Waals surface area contributed by atoms with Gasteiger partial charge in [0.1, 0.15) is 4.90 Å². The lowest BCUT2D eigenvalue weighted by Gasteiger charge is -2.08. The van der Waals surface area contributed by atoms with Crippen LogP contribution in [-0.4, -0.2) is 19.4 Å². The Morgan fingerprint density at radius 2 is 2.33 bits per heavy atom. The zero-order valence-electron chi connectivity index (χ0n) is 9.85. The number of nitrogens with zero attached hydrogens (tertiary/aromatic N) is 1. The molecular weight excluding hydrogens is 276 g/mol. The van der Waals surface area contributed by atoms with Gasteiger partial charge in [0.05, 0.1) is 5.02 Å². The van der Waals surface area contributed by atoms with E-state index in [9.17, 15) is 8.42 Å². The van der Waals surface area contributed by atoms with Crippen molar-refractivity contribution >= 4 is 27.4 Å². The Balaban J connectivity index is 2.17. The van der Waals surface area contributed by atoms with Crippen LogP contribution in [0.15, 0.2) is 17.2 Å². The van der Waals surface area contributed by atoms with Gasteiger partial charge >= 0.3 is 0 Å². The Morgan fingerprint density at radius 3 is 2.83 bits per heavy atom. The maximum atomic E-state index is 12.0. The summed E-state index contributed by atoms with van der Waals surface area (Å²) in [4.78, 5) is 3.89. The van der Waals surface area contributed by atoms with Crippen LogP contribution in [0.3, 0.4) is 0 Å². The van der Waals surface area contributed by atoms with Crippen LogP contribution in [0.2, 0.25) is 5.02 Å². The first-order valence-corrected chi connectivity index (χ1v) is 7.48. The first-order valence-electron chi connectivity index (χ1n) is 5.62. The fourth-order valence-corrected chi connectivity index (χ4v) is 3.36. The number of nitrogen functional groups attached to an aromatic ring is 1. The molecule has 2 unspecified atom stereocenters. The van der Waals surface area contributed by atoms with Crippen LogP contribution >= 0.6 is 11.6 Å². The van der Waals surface area contributed by atoms with Crippen LogP contribution in [-0.2, 0) is 10.0 Å². The normalized spacial score (nSPS) is 22.8. The topological polar surface area (TPSA) is 97.1 Å². The third-order valence-corrected chi connectivity index (χ3v) is 4.76. The van der Waals surface area contributed by atoms with Gasteiger partial charge in [0.25, 0.3) is 0 Å². The van der Waals surface area contributed by atoms with E-state index < -0.39 is 10.0 Å². The standard InChI is InChI=1S/C10H15ClN4O2S/c1-2-6-3-9(6)15-18(16,17)7-4-8(11)10(14-12)13-5-7/h4-6,9,15H,2-3,12H2,1H3,(H,13,14). The molecule has 0 amide bonds. The van der Waals surface area contributed by atoms with Crippen LogP contribution < -0.4 is 16.0 Å². The van der Waals surface area contributed by atoms with Crippen LogP contribution in [0.5, 0.6) is 0 Å². The van der Waals surface area contributed by atoms with Crippen molar-refractivity contribution < 1.29 is 8.42 Å². The van der Waals surface area contributed by atoms with E-state index in [4.69, 9.17) is 17.4 Å². The number of aromatic nitrogens is 1. The number of hydrogen-bond acceptors (Lipinski definition) is 5. The molecule has 1 aromatic heterocycles. The molecule has 0 aliphatic heterocycles. The minimum absolute atomic E-state index is 0.0334. The number of nitrogens with two attached hydrogens (primary N) is 1. The highest BCUT2D eigenvalue weighted by atomic mass is 35.5. The number of sulfonamides is 1. The molecule has 4 N–H and O–H groups in total. The fraction of sp³-hybridized carbons (Fsp3) is 0.500. The van der Waals surface area contributed by atoms with Crippen molar-refractivity contribution in [2.45, 2.75) is 30.7 Å². The van der Waals surface area contributed by atoms with Gasteiger partial charge in [-0.15, -0.1) is 0 Å². The second-order valence-electron chi connectivity index (χ2n) is 4.28. The number of nitrogens with one attached hydrogen (secondary N) is 2. The van der Waals surface area contributed by atoms with Crippen molar-refractivity contribution in [2.24, 2.45) is 11.8 Å². The van der Waals surface area contributed by atoms with Crippen molar-refractivity contribution in [3.63, 3.8) is 0 Å². The Kier molecular flexibility index (Phi) is 3.76. The average molecular weight is 291 g/mol. The summed E-state index contributed by atoms with van der Waals surface area (Å²) in [6, 6.07) is 1.36. The van der Waals surface area contributed by atoms with Crippen molar-refractivity contribution in [1.82, 2.24) is 9.71 Å². The summed E-state index contributed by atoms with van der Waals surface area (Å²) in [6.07, 6.45) is 3.09. The quantitative estimate of drug-likeness (QED) is 0.557. The lowest BCUT2D eigenvalue weighted by atomic mass is 10.3. The van der Waals surface area contributed by atoms with E-state index in [2.05, 4.69) is 15.1 Å². The largest absolute Gasteiger partial charge is 0.307 e. The van der Waals surface area contributed by atoms with E-state index in [0.29, 0.717) is 5.92 Å². The second kappa shape index (κ2) is 5.00. The van der Waals surface area contributed by atoms with Crippen LogP contribution in [0.25, 0.3) is 0 Å². The number of halogens is 1. The van der Waals surface area contributed by atoms with Gasteiger partial charge in [-0.2, -0.15) is 0 Å². The average Bonchev–Trinajstić information content (AvgIpc) is 3.06. The molecule has 0 bridgehead atoms. The minimum atomic E-state index is -3.55. The molecule has 8 heteroatoms. The molecule has 100 valence electrons. The monoisotopic (exact) mass is 290 g/mol. The molecule has 18 heavy (non-hydrogen) atoms. The van der Waals surface area contributed by atoms with Gasteiger partial charge in [-0.1, -0.05) is 24.9 Å². The van der Waals surface area contributed by atoms with Gasteiger partial charge in [-0.05, 0) is 18.4 Å². The van der Waals surface area contributed by atoms with Crippen molar-refractivity contribution in [3.05, 3.63) is 17.3 Å². The van der Waals surface area contributed by atoms with Crippen molar-refractivity contribution in [3.8, 4) is 0 Å². The molecule has 1 aromatic rings. The van der Waals surface area contributed by atoms with Gasteiger partial charge in [0, 0.05) is 12.2 Å². The predicted octanol–water partition coefficient (Wildman–Crippen LogP) is 1.10. The smallest absolute Gasteiger partial charge is 0.242 e. The fourth-order valence-electron chi connectivity index (χ4n) is 1.78. The zero-order chi connectivity index (χ0) is 13.3. The summed E-state index contributed by atoms with van der Waals surface area (Å²) in [5, 5.41) is 0.170. The Hall–Kier alpha value is -0.890. The Bertz CT molecular complexity index is 549.